The first-order valence-corrected chi connectivity index (χ1v) is 6.35. The fourth-order valence-corrected chi connectivity index (χ4v) is 2.10. The van der Waals surface area contributed by atoms with Crippen molar-refractivity contribution >= 4 is 5.97 Å². The maximum absolute atomic E-state index is 13.7. The van der Waals surface area contributed by atoms with E-state index in [0.717, 1.165) is 6.92 Å². The normalized spacial score (nSPS) is 16.4. The van der Waals surface area contributed by atoms with Crippen LogP contribution in [0.2, 0.25) is 0 Å². The van der Waals surface area contributed by atoms with Crippen molar-refractivity contribution < 1.29 is 28.2 Å². The van der Waals surface area contributed by atoms with Gasteiger partial charge in [0, 0.05) is 18.9 Å². The molecule has 1 N–H and O–H groups in total. The Hall–Kier alpha value is -1.85. The molecule has 6 heteroatoms. The van der Waals surface area contributed by atoms with Gasteiger partial charge in [-0.05, 0) is 24.6 Å². The Morgan fingerprint density at radius 3 is 2.35 bits per heavy atom. The van der Waals surface area contributed by atoms with Crippen LogP contribution in [0.1, 0.15) is 37.3 Å². The third kappa shape index (κ3) is 2.84. The molecule has 0 amide bonds. The van der Waals surface area contributed by atoms with Gasteiger partial charge in [-0.1, -0.05) is 0 Å². The lowest BCUT2D eigenvalue weighted by molar-refractivity contribution is -0.138. The maximum atomic E-state index is 13.7. The van der Waals surface area contributed by atoms with Crippen LogP contribution in [0.4, 0.5) is 8.78 Å². The van der Waals surface area contributed by atoms with E-state index >= 15 is 0 Å². The number of benzene rings is 1. The predicted molar refractivity (Wildman–Crippen MR) is 67.7 cm³/mol. The molecule has 1 heterocycles. The minimum atomic E-state index is -3.15. The highest BCUT2D eigenvalue weighted by Gasteiger charge is 2.33. The number of hydrogen-bond donors (Lipinski definition) is 1. The van der Waals surface area contributed by atoms with E-state index < -0.39 is 17.8 Å². The molecule has 0 saturated carbocycles. The smallest absolute Gasteiger partial charge is 0.310 e. The van der Waals surface area contributed by atoms with E-state index in [-0.39, 0.29) is 16.9 Å². The van der Waals surface area contributed by atoms with Crippen LogP contribution in [-0.4, -0.2) is 24.3 Å². The summed E-state index contributed by atoms with van der Waals surface area (Å²) in [5, 5.41) is 9.07. The Kier molecular flexibility index (Phi) is 3.83. The lowest BCUT2D eigenvalue weighted by atomic mass is 9.92. The molecule has 20 heavy (non-hydrogen) atoms. The van der Waals surface area contributed by atoms with Crippen LogP contribution in [0.15, 0.2) is 12.1 Å². The molecule has 2 rings (SSSR count). The Morgan fingerprint density at radius 1 is 1.30 bits per heavy atom. The molecule has 0 saturated heterocycles. The summed E-state index contributed by atoms with van der Waals surface area (Å²) in [6, 6.07) is 2.54. The molecule has 1 aromatic carbocycles. The molecular weight excluding hydrogens is 270 g/mol. The zero-order valence-corrected chi connectivity index (χ0v) is 11.3. The summed E-state index contributed by atoms with van der Waals surface area (Å²) >= 11 is 0. The quantitative estimate of drug-likeness (QED) is 0.927. The van der Waals surface area contributed by atoms with E-state index in [9.17, 15) is 13.6 Å². The van der Waals surface area contributed by atoms with Crippen LogP contribution < -0.4 is 9.47 Å². The molecule has 1 atom stereocenters. The Morgan fingerprint density at radius 2 is 1.85 bits per heavy atom. The summed E-state index contributed by atoms with van der Waals surface area (Å²) in [4.78, 5) is 11.1. The highest BCUT2D eigenvalue weighted by atomic mass is 19.3. The van der Waals surface area contributed by atoms with Gasteiger partial charge < -0.3 is 14.6 Å². The van der Waals surface area contributed by atoms with Gasteiger partial charge in [0.15, 0.2) is 11.5 Å². The molecule has 0 bridgehead atoms. The van der Waals surface area contributed by atoms with E-state index in [0.29, 0.717) is 25.4 Å². The minimum absolute atomic E-state index is 0.0502. The number of carbonyl (C=O) groups is 1. The standard InChI is InChI=1S/C14H16F2O4/c1-8(13(17)18)9-6-11-12(20-5-3-4-19-11)7-10(9)14(2,15)16/h6-8H,3-5H2,1-2H3,(H,17,18). The number of carboxylic acid groups (broad SMARTS) is 1. The molecule has 110 valence electrons. The molecular formula is C14H16F2O4. The molecule has 0 aromatic heterocycles. The van der Waals surface area contributed by atoms with Crippen LogP contribution >= 0.6 is 0 Å². The summed E-state index contributed by atoms with van der Waals surface area (Å²) in [5.41, 5.74) is -0.286. The van der Waals surface area contributed by atoms with E-state index in [1.54, 1.807) is 0 Å². The van der Waals surface area contributed by atoms with Crippen LogP contribution in [0.5, 0.6) is 11.5 Å². The van der Waals surface area contributed by atoms with Crippen molar-refractivity contribution in [1.82, 2.24) is 0 Å². The second kappa shape index (κ2) is 5.26. The van der Waals surface area contributed by atoms with Gasteiger partial charge in [-0.3, -0.25) is 4.79 Å². The van der Waals surface area contributed by atoms with E-state index in [1.165, 1.54) is 19.1 Å². The van der Waals surface area contributed by atoms with Gasteiger partial charge in [-0.15, -0.1) is 0 Å². The fraction of sp³-hybridized carbons (Fsp3) is 0.500. The summed E-state index contributed by atoms with van der Waals surface area (Å²) in [7, 11) is 0. The van der Waals surface area contributed by atoms with Gasteiger partial charge in [-0.2, -0.15) is 0 Å². The molecule has 1 aliphatic rings. The monoisotopic (exact) mass is 286 g/mol. The second-order valence-electron chi connectivity index (χ2n) is 4.88. The molecule has 1 unspecified atom stereocenters. The van der Waals surface area contributed by atoms with E-state index in [4.69, 9.17) is 14.6 Å². The van der Waals surface area contributed by atoms with E-state index in [2.05, 4.69) is 0 Å². The highest BCUT2D eigenvalue weighted by Crippen LogP contribution is 2.41. The number of rotatable bonds is 3. The van der Waals surface area contributed by atoms with Crippen LogP contribution in [0.3, 0.4) is 0 Å². The van der Waals surface area contributed by atoms with Crippen molar-refractivity contribution in [3.63, 3.8) is 0 Å². The van der Waals surface area contributed by atoms with Crippen molar-refractivity contribution in [3.05, 3.63) is 23.3 Å². The highest BCUT2D eigenvalue weighted by molar-refractivity contribution is 5.77. The fourth-order valence-electron chi connectivity index (χ4n) is 2.10. The van der Waals surface area contributed by atoms with Crippen molar-refractivity contribution in [3.8, 4) is 11.5 Å². The topological polar surface area (TPSA) is 55.8 Å². The van der Waals surface area contributed by atoms with Gasteiger partial charge in [0.05, 0.1) is 19.1 Å². The Labute approximate surface area is 115 Å². The van der Waals surface area contributed by atoms with Crippen molar-refractivity contribution in [2.75, 3.05) is 13.2 Å². The van der Waals surface area contributed by atoms with Gasteiger partial charge >= 0.3 is 5.97 Å². The lowest BCUT2D eigenvalue weighted by Gasteiger charge is -2.21. The van der Waals surface area contributed by atoms with Crippen LogP contribution in [-0.2, 0) is 10.7 Å². The SMILES string of the molecule is CC(C(=O)O)c1cc2c(cc1C(C)(F)F)OCCCO2. The molecule has 0 spiro atoms. The number of fused-ring (bicyclic) bond motifs is 1. The number of alkyl halides is 2. The summed E-state index contributed by atoms with van der Waals surface area (Å²) in [6.45, 7) is 2.91. The van der Waals surface area contributed by atoms with Crippen LogP contribution in [0, 0.1) is 0 Å². The lowest BCUT2D eigenvalue weighted by Crippen LogP contribution is -2.17. The third-order valence-electron chi connectivity index (χ3n) is 3.23. The molecule has 0 radical (unpaired) electrons. The first-order valence-electron chi connectivity index (χ1n) is 6.35. The minimum Gasteiger partial charge on any atom is -0.490 e. The van der Waals surface area contributed by atoms with Crippen LogP contribution in [0.25, 0.3) is 0 Å². The average molecular weight is 286 g/mol. The number of aliphatic carboxylic acids is 1. The average Bonchev–Trinajstić information content (AvgIpc) is 2.59. The largest absolute Gasteiger partial charge is 0.490 e. The van der Waals surface area contributed by atoms with Crippen molar-refractivity contribution in [2.45, 2.75) is 32.1 Å². The second-order valence-corrected chi connectivity index (χ2v) is 4.88. The molecule has 4 nitrogen and oxygen atoms in total. The summed E-state index contributed by atoms with van der Waals surface area (Å²) < 4.78 is 38.2. The zero-order valence-electron chi connectivity index (χ0n) is 11.3. The molecule has 0 fully saturated rings. The first kappa shape index (κ1) is 14.6. The summed E-state index contributed by atoms with van der Waals surface area (Å²) in [6.07, 6.45) is 0.649. The van der Waals surface area contributed by atoms with E-state index in [1.807, 2.05) is 0 Å². The zero-order chi connectivity index (χ0) is 14.9. The van der Waals surface area contributed by atoms with Gasteiger partial charge in [0.25, 0.3) is 5.92 Å². The first-order chi connectivity index (χ1) is 9.30. The van der Waals surface area contributed by atoms with Crippen molar-refractivity contribution in [1.29, 1.82) is 0 Å². The summed E-state index contributed by atoms with van der Waals surface area (Å²) in [5.74, 6) is -4.80. The molecule has 1 aliphatic heterocycles. The number of ether oxygens (including phenoxy) is 2. The van der Waals surface area contributed by atoms with Gasteiger partial charge in [-0.25, -0.2) is 8.78 Å². The van der Waals surface area contributed by atoms with Gasteiger partial charge in [0.2, 0.25) is 0 Å². The number of carboxylic acids is 1. The third-order valence-corrected chi connectivity index (χ3v) is 3.23. The Balaban J connectivity index is 2.58. The number of hydrogen-bond acceptors (Lipinski definition) is 3. The Bertz CT molecular complexity index is 523. The molecule has 1 aromatic rings. The van der Waals surface area contributed by atoms with Crippen molar-refractivity contribution in [2.24, 2.45) is 0 Å². The maximum Gasteiger partial charge on any atom is 0.310 e. The number of halogens is 2. The van der Waals surface area contributed by atoms with Gasteiger partial charge in [0.1, 0.15) is 0 Å². The molecule has 0 aliphatic carbocycles. The predicted octanol–water partition coefficient (Wildman–Crippen LogP) is 3.15.